The van der Waals surface area contributed by atoms with E-state index in [9.17, 15) is 23.8 Å². The molecule has 11 nitrogen and oxygen atoms in total. The summed E-state index contributed by atoms with van der Waals surface area (Å²) in [5, 5.41) is 8.89. The predicted octanol–water partition coefficient (Wildman–Crippen LogP) is 11.7. The Morgan fingerprint density at radius 1 is 0.534 bits per heavy atom. The molecule has 0 saturated carbocycles. The van der Waals surface area contributed by atoms with Crippen LogP contribution >= 0.6 is 7.82 Å². The molecule has 12 heteroatoms. The van der Waals surface area contributed by atoms with E-state index in [1.807, 2.05) is 0 Å². The van der Waals surface area contributed by atoms with Crippen molar-refractivity contribution >= 4 is 25.7 Å². The number of nitrogens with two attached hydrogens (primary N) is 1. The number of hydrogen-bond donors (Lipinski definition) is 3. The first-order chi connectivity index (χ1) is 28.1. The van der Waals surface area contributed by atoms with Gasteiger partial charge >= 0.3 is 25.7 Å². The molecule has 0 spiro atoms. The molecule has 58 heavy (non-hydrogen) atoms. The smallest absolute Gasteiger partial charge is 0.472 e. The summed E-state index contributed by atoms with van der Waals surface area (Å²) in [6.07, 6.45) is 48.2. The van der Waals surface area contributed by atoms with Gasteiger partial charge in [0.25, 0.3) is 0 Å². The molecule has 0 heterocycles. The first kappa shape index (κ1) is 54.9. The quantitative estimate of drug-likeness (QED) is 0.0232. The minimum absolute atomic E-state index is 0.134. The lowest BCUT2D eigenvalue weighted by Gasteiger charge is -2.20. The molecule has 0 aromatic heterocycles. The maximum atomic E-state index is 12.6. The molecule has 0 rings (SSSR count). The summed E-state index contributed by atoms with van der Waals surface area (Å²) in [6.45, 7) is 2.69. The SMILES string of the molecule is CCCCC/C=C/C/C=C/C/C=C/C/C=C/CCCCCC(=O)OC[C@H](COP(=O)(O)OC[C@H](N)C(=O)O)OC(=O)CCCCCCC/C=C/C/C=C/CCCCC. The van der Waals surface area contributed by atoms with Crippen molar-refractivity contribution in [2.45, 2.75) is 180 Å². The third kappa shape index (κ3) is 39.7. The van der Waals surface area contributed by atoms with Crippen LogP contribution in [0.5, 0.6) is 0 Å². The van der Waals surface area contributed by atoms with E-state index in [1.165, 1.54) is 44.9 Å². The Kier molecular flexibility index (Phi) is 38.5. The summed E-state index contributed by atoms with van der Waals surface area (Å²) >= 11 is 0. The molecule has 4 N–H and O–H groups in total. The number of carboxylic acids is 1. The molecular formula is C46H78NO10P. The van der Waals surface area contributed by atoms with Crippen LogP contribution in [0.3, 0.4) is 0 Å². The second-order valence-corrected chi connectivity index (χ2v) is 15.9. The van der Waals surface area contributed by atoms with Crippen LogP contribution < -0.4 is 5.73 Å². The topological polar surface area (TPSA) is 172 Å². The monoisotopic (exact) mass is 836 g/mol. The van der Waals surface area contributed by atoms with Gasteiger partial charge in [0, 0.05) is 12.8 Å². The molecular weight excluding hydrogens is 757 g/mol. The van der Waals surface area contributed by atoms with E-state index in [2.05, 4.69) is 91.3 Å². The van der Waals surface area contributed by atoms with E-state index in [-0.39, 0.29) is 19.4 Å². The fraction of sp³-hybridized carbons (Fsp3) is 0.674. The van der Waals surface area contributed by atoms with E-state index < -0.39 is 51.1 Å². The lowest BCUT2D eigenvalue weighted by molar-refractivity contribution is -0.161. The molecule has 0 aromatic rings. The predicted molar refractivity (Wildman–Crippen MR) is 235 cm³/mol. The van der Waals surface area contributed by atoms with Gasteiger partial charge in [-0.3, -0.25) is 23.4 Å². The van der Waals surface area contributed by atoms with E-state index in [1.54, 1.807) is 0 Å². The van der Waals surface area contributed by atoms with Crippen molar-refractivity contribution in [3.05, 3.63) is 72.9 Å². The van der Waals surface area contributed by atoms with Crippen molar-refractivity contribution in [3.63, 3.8) is 0 Å². The van der Waals surface area contributed by atoms with Crippen LogP contribution in [0, 0.1) is 0 Å². The summed E-state index contributed by atoms with van der Waals surface area (Å²) in [5.41, 5.74) is 5.33. The highest BCUT2D eigenvalue weighted by atomic mass is 31.2. The number of phosphoric acid groups is 1. The highest BCUT2D eigenvalue weighted by molar-refractivity contribution is 7.47. The number of ether oxygens (including phenoxy) is 2. The number of rotatable bonds is 40. The second kappa shape index (κ2) is 40.7. The molecule has 0 fully saturated rings. The van der Waals surface area contributed by atoms with Crippen LogP contribution in [0.25, 0.3) is 0 Å². The zero-order valence-corrected chi connectivity index (χ0v) is 36.8. The number of allylic oxidation sites excluding steroid dienone is 12. The Balaban J connectivity index is 4.46. The van der Waals surface area contributed by atoms with E-state index in [4.69, 9.17) is 24.8 Å². The Morgan fingerprint density at radius 2 is 0.914 bits per heavy atom. The summed E-state index contributed by atoms with van der Waals surface area (Å²) in [5.74, 6) is -2.44. The van der Waals surface area contributed by atoms with Gasteiger partial charge in [-0.2, -0.15) is 0 Å². The Hall–Kier alpha value is -3.08. The van der Waals surface area contributed by atoms with Crippen molar-refractivity contribution in [2.75, 3.05) is 19.8 Å². The summed E-state index contributed by atoms with van der Waals surface area (Å²) in [7, 11) is -4.73. The van der Waals surface area contributed by atoms with Gasteiger partial charge in [0.2, 0.25) is 0 Å². The fourth-order valence-corrected chi connectivity index (χ4v) is 6.21. The largest absolute Gasteiger partial charge is 0.480 e. The van der Waals surface area contributed by atoms with Gasteiger partial charge in [-0.15, -0.1) is 0 Å². The molecule has 3 atom stereocenters. The molecule has 332 valence electrons. The van der Waals surface area contributed by atoms with Gasteiger partial charge < -0.3 is 25.2 Å². The Labute approximate surface area is 350 Å². The maximum absolute atomic E-state index is 12.6. The van der Waals surface area contributed by atoms with Crippen molar-refractivity contribution in [2.24, 2.45) is 5.73 Å². The second-order valence-electron chi connectivity index (χ2n) is 14.5. The minimum Gasteiger partial charge on any atom is -0.480 e. The van der Waals surface area contributed by atoms with Crippen LogP contribution in [-0.4, -0.2) is 59.9 Å². The third-order valence-corrected chi connectivity index (χ3v) is 9.88. The maximum Gasteiger partial charge on any atom is 0.472 e. The van der Waals surface area contributed by atoms with Crippen LogP contribution in [0.1, 0.15) is 168 Å². The molecule has 0 aliphatic carbocycles. The average molecular weight is 836 g/mol. The van der Waals surface area contributed by atoms with Crippen molar-refractivity contribution in [1.29, 1.82) is 0 Å². The summed E-state index contributed by atoms with van der Waals surface area (Å²) in [4.78, 5) is 46.0. The minimum atomic E-state index is -4.73. The number of hydrogen-bond acceptors (Lipinski definition) is 9. The van der Waals surface area contributed by atoms with Gasteiger partial charge in [0.15, 0.2) is 6.10 Å². The zero-order chi connectivity index (χ0) is 42.8. The Morgan fingerprint density at radius 3 is 1.38 bits per heavy atom. The lowest BCUT2D eigenvalue weighted by Crippen LogP contribution is -2.34. The number of esters is 2. The molecule has 0 bridgehead atoms. The van der Waals surface area contributed by atoms with Gasteiger partial charge in [-0.1, -0.05) is 138 Å². The van der Waals surface area contributed by atoms with E-state index >= 15 is 0 Å². The fourth-order valence-electron chi connectivity index (χ4n) is 5.43. The van der Waals surface area contributed by atoms with Gasteiger partial charge in [0.1, 0.15) is 12.6 Å². The normalized spacial score (nSPS) is 14.4. The number of carbonyl (C=O) groups is 3. The number of aliphatic carboxylic acids is 1. The molecule has 1 unspecified atom stereocenters. The molecule has 0 aromatic carbocycles. The summed E-state index contributed by atoms with van der Waals surface area (Å²) in [6, 6.07) is -1.53. The third-order valence-electron chi connectivity index (χ3n) is 8.93. The molecule has 0 aliphatic heterocycles. The first-order valence-electron chi connectivity index (χ1n) is 22.0. The van der Waals surface area contributed by atoms with Gasteiger partial charge in [0.05, 0.1) is 13.2 Å². The van der Waals surface area contributed by atoms with Crippen LogP contribution in [0.4, 0.5) is 0 Å². The number of carbonyl (C=O) groups excluding carboxylic acids is 2. The number of carboxylic acid groups (broad SMARTS) is 1. The van der Waals surface area contributed by atoms with Crippen LogP contribution in [-0.2, 0) is 37.5 Å². The van der Waals surface area contributed by atoms with Crippen molar-refractivity contribution in [1.82, 2.24) is 0 Å². The number of phosphoric ester groups is 1. The highest BCUT2D eigenvalue weighted by Crippen LogP contribution is 2.43. The summed E-state index contributed by atoms with van der Waals surface area (Å²) < 4.78 is 32.7. The van der Waals surface area contributed by atoms with Crippen LogP contribution in [0.2, 0.25) is 0 Å². The molecule has 0 amide bonds. The van der Waals surface area contributed by atoms with Crippen LogP contribution in [0.15, 0.2) is 72.9 Å². The average Bonchev–Trinajstić information content (AvgIpc) is 3.20. The highest BCUT2D eigenvalue weighted by Gasteiger charge is 2.28. The van der Waals surface area contributed by atoms with Gasteiger partial charge in [-0.05, 0) is 89.9 Å². The van der Waals surface area contributed by atoms with Crippen molar-refractivity contribution in [3.8, 4) is 0 Å². The molecule has 0 saturated heterocycles. The van der Waals surface area contributed by atoms with Gasteiger partial charge in [-0.25, -0.2) is 4.57 Å². The zero-order valence-electron chi connectivity index (χ0n) is 35.9. The number of unbranched alkanes of at least 4 members (excludes halogenated alkanes) is 14. The molecule has 0 aliphatic rings. The Bertz CT molecular complexity index is 1260. The standard InChI is InChI=1S/C46H78NO10P/c1-3-5-7-9-11-13-15-17-19-20-21-22-24-25-27-29-31-33-35-37-44(48)54-39-42(40-55-58(52,53)56-41-43(47)46(50)51)57-45(49)38-36-34-32-30-28-26-23-18-16-14-12-10-8-6-4-2/h11-14,17-19,21-23,25,27,42-43H,3-10,15-16,20,24,26,28-41,47H2,1-2H3,(H,50,51)(H,52,53)/b13-11+,14-12+,19-17+,22-21+,23-18+,27-25+/t42-,43+/m1/s1. The van der Waals surface area contributed by atoms with E-state index in [0.29, 0.717) is 12.8 Å². The van der Waals surface area contributed by atoms with E-state index in [0.717, 1.165) is 83.5 Å². The molecule has 0 radical (unpaired) electrons. The van der Waals surface area contributed by atoms with Crippen molar-refractivity contribution < 1.29 is 47.5 Å². The lowest BCUT2D eigenvalue weighted by atomic mass is 10.1. The first-order valence-corrected chi connectivity index (χ1v) is 23.5.